The van der Waals surface area contributed by atoms with Gasteiger partial charge in [-0.1, -0.05) is 6.07 Å². The Morgan fingerprint density at radius 3 is 2.29 bits per heavy atom. The van der Waals surface area contributed by atoms with Crippen molar-refractivity contribution in [3.63, 3.8) is 0 Å². The molecule has 0 spiro atoms. The molecule has 0 fully saturated rings. The summed E-state index contributed by atoms with van der Waals surface area (Å²) in [4.78, 5) is 12.0. The smallest absolute Gasteiger partial charge is 0.127 e. The molecule has 0 atom stereocenters. The van der Waals surface area contributed by atoms with Gasteiger partial charge in [0.2, 0.25) is 0 Å². The number of carbonyl (C=O) groups is 1. The van der Waals surface area contributed by atoms with E-state index >= 15 is 0 Å². The second-order valence-electron chi connectivity index (χ2n) is 5.41. The van der Waals surface area contributed by atoms with Crippen molar-refractivity contribution in [3.05, 3.63) is 64.2 Å². The van der Waals surface area contributed by atoms with Gasteiger partial charge in [-0.2, -0.15) is 5.10 Å². The van der Waals surface area contributed by atoms with Crippen LogP contribution in [0, 0.1) is 26.0 Å². The van der Waals surface area contributed by atoms with Crippen molar-refractivity contribution < 1.29 is 206 Å². The number of hydrogen-bond donors (Lipinski definition) is 2. The number of carbonyl (C=O) groups excluding carboxylic acids is 1. The number of amides is 1. The number of nitrogens with zero attached hydrogens (tertiary/aromatic N) is 1. The SMILES string of the molecule is Cc1cc(C)c2c(c1O)/C(=N/NC(=O)c1[c-]c[c-]cc1)CC2.[Y].[Y].[Y].[Y].[Y].[Y]. The molecule has 2 N–H and O–H groups in total. The zero-order valence-electron chi connectivity index (χ0n) is 16.0. The molecule has 3 rings (SSSR count). The number of rotatable bonds is 2. The van der Waals surface area contributed by atoms with Gasteiger partial charge >= 0.3 is 0 Å². The first-order valence-corrected chi connectivity index (χ1v) is 7.15. The van der Waals surface area contributed by atoms with Crippen LogP contribution in [0.25, 0.3) is 0 Å². The maximum Gasteiger partial charge on any atom is 0.127 e. The first-order valence-electron chi connectivity index (χ1n) is 7.15. The number of hydrogen-bond acceptors (Lipinski definition) is 3. The van der Waals surface area contributed by atoms with E-state index in [9.17, 15) is 9.90 Å². The molecule has 0 saturated heterocycles. The van der Waals surface area contributed by atoms with Crippen LogP contribution in [0.4, 0.5) is 0 Å². The minimum absolute atomic E-state index is 0. The molecule has 10 heteroatoms. The first-order chi connectivity index (χ1) is 10.6. The van der Waals surface area contributed by atoms with Crippen LogP contribution >= 0.6 is 0 Å². The molecule has 1 aliphatic rings. The maximum atomic E-state index is 12.0. The fourth-order valence-electron chi connectivity index (χ4n) is 2.80. The maximum absolute atomic E-state index is 12.0. The van der Waals surface area contributed by atoms with Crippen LogP contribution in [-0.4, -0.2) is 16.7 Å². The summed E-state index contributed by atoms with van der Waals surface area (Å²) in [5.41, 5.74) is 7.51. The molecule has 28 heavy (non-hydrogen) atoms. The predicted molar refractivity (Wildman–Crippen MR) is 84.0 cm³/mol. The van der Waals surface area contributed by atoms with Crippen molar-refractivity contribution in [1.29, 1.82) is 0 Å². The summed E-state index contributed by atoms with van der Waals surface area (Å²) in [7, 11) is 0. The van der Waals surface area contributed by atoms with Crippen LogP contribution in [0.5, 0.6) is 5.75 Å². The molecule has 2 aromatic carbocycles. The average molecular weight is 826 g/mol. The molecule has 0 aliphatic heterocycles. The Morgan fingerprint density at radius 1 is 1.07 bits per heavy atom. The van der Waals surface area contributed by atoms with Gasteiger partial charge in [0, 0.05) is 202 Å². The van der Waals surface area contributed by atoms with E-state index in [0.717, 1.165) is 34.4 Å². The van der Waals surface area contributed by atoms with E-state index in [2.05, 4.69) is 22.7 Å². The average Bonchev–Trinajstić information content (AvgIpc) is 2.96. The first kappa shape index (κ1) is 39.2. The number of fused-ring (bicyclic) bond motifs is 1. The quantitative estimate of drug-likeness (QED) is 0.362. The van der Waals surface area contributed by atoms with Gasteiger partial charge in [-0.25, -0.2) is 23.8 Å². The predicted octanol–water partition coefficient (Wildman–Crippen LogP) is 2.67. The van der Waals surface area contributed by atoms with Crippen molar-refractivity contribution in [3.8, 4) is 5.75 Å². The minimum Gasteiger partial charge on any atom is -0.507 e. The Morgan fingerprint density at radius 2 is 1.71 bits per heavy atom. The van der Waals surface area contributed by atoms with Crippen molar-refractivity contribution >= 4 is 11.6 Å². The standard InChI is InChI=1S/C18H16N2O2.6Y/c1-11-10-12(2)17(21)16-14(11)8-9-15(16)19-20-18(22)13-6-4-3-5-7-13;;;;;;/h4-6,10,21H,8-9H2,1-2H3,(H,20,22);;;;;;/q-2;;;;;;/b19-15+;;;;;;. The topological polar surface area (TPSA) is 61.7 Å². The van der Waals surface area contributed by atoms with E-state index < -0.39 is 0 Å². The summed E-state index contributed by atoms with van der Waals surface area (Å²) >= 11 is 0. The molecule has 1 amide bonds. The van der Waals surface area contributed by atoms with Crippen LogP contribution in [0.3, 0.4) is 0 Å². The number of benzene rings is 2. The number of phenols is 1. The molecule has 0 bridgehead atoms. The molecule has 4 nitrogen and oxygen atoms in total. The Bertz CT molecular complexity index is 785. The Labute approximate surface area is 317 Å². The van der Waals surface area contributed by atoms with Crippen molar-refractivity contribution in [1.82, 2.24) is 5.43 Å². The third-order valence-electron chi connectivity index (χ3n) is 3.92. The van der Waals surface area contributed by atoms with Crippen LogP contribution in [0.1, 0.15) is 39.0 Å². The zero-order valence-corrected chi connectivity index (χ0v) is 33.0. The summed E-state index contributed by atoms with van der Waals surface area (Å²) in [6.07, 6.45) is 1.54. The summed E-state index contributed by atoms with van der Waals surface area (Å²) in [6, 6.07) is 12.4. The molecule has 130 valence electrons. The van der Waals surface area contributed by atoms with E-state index in [1.165, 1.54) is 0 Å². The second kappa shape index (κ2) is 19.3. The normalized spacial score (nSPS) is 11.7. The molecular weight excluding hydrogens is 810 g/mol. The van der Waals surface area contributed by atoms with Crippen LogP contribution < -0.4 is 5.43 Å². The summed E-state index contributed by atoms with van der Waals surface area (Å²) in [5, 5.41) is 14.5. The largest absolute Gasteiger partial charge is 0.507 e. The molecule has 0 unspecified atom stereocenters. The third-order valence-corrected chi connectivity index (χ3v) is 3.92. The minimum atomic E-state index is -0.321. The van der Waals surface area contributed by atoms with Crippen LogP contribution in [-0.2, 0) is 203 Å². The van der Waals surface area contributed by atoms with Crippen molar-refractivity contribution in [2.75, 3.05) is 0 Å². The third kappa shape index (κ3) is 10.1. The van der Waals surface area contributed by atoms with Gasteiger partial charge in [0.1, 0.15) is 5.75 Å². The van der Waals surface area contributed by atoms with Crippen LogP contribution in [0.2, 0.25) is 0 Å². The Balaban J connectivity index is -0.000000480. The number of nitrogens with one attached hydrogen (secondary N) is 1. The van der Waals surface area contributed by atoms with Gasteiger partial charge in [-0.15, -0.1) is 0 Å². The Hall–Kier alpha value is 4.00. The number of aromatic hydroxyl groups is 1. The van der Waals surface area contributed by atoms with Gasteiger partial charge in [0.25, 0.3) is 0 Å². The van der Waals surface area contributed by atoms with Crippen molar-refractivity contribution in [2.24, 2.45) is 5.10 Å². The summed E-state index contributed by atoms with van der Waals surface area (Å²) < 4.78 is 0. The molecule has 1 aliphatic carbocycles. The monoisotopic (exact) mass is 826 g/mol. The van der Waals surface area contributed by atoms with E-state index in [0.29, 0.717) is 12.0 Å². The van der Waals surface area contributed by atoms with Crippen molar-refractivity contribution in [2.45, 2.75) is 26.7 Å². The Kier molecular flexibility index (Phi) is 27.1. The molecule has 6 radical (unpaired) electrons. The second-order valence-corrected chi connectivity index (χ2v) is 5.41. The molecule has 0 saturated carbocycles. The van der Waals surface area contributed by atoms with Crippen LogP contribution in [0.15, 0.2) is 29.4 Å². The molecule has 0 aromatic heterocycles. The number of hydrazone groups is 1. The van der Waals surface area contributed by atoms with E-state index in [-0.39, 0.29) is 208 Å². The van der Waals surface area contributed by atoms with Gasteiger partial charge in [-0.05, 0) is 43.4 Å². The summed E-state index contributed by atoms with van der Waals surface area (Å²) in [5.74, 6) is -0.0641. The van der Waals surface area contributed by atoms with E-state index in [4.69, 9.17) is 0 Å². The fourth-order valence-corrected chi connectivity index (χ4v) is 2.80. The van der Waals surface area contributed by atoms with Gasteiger partial charge in [-0.3, -0.25) is 12.1 Å². The number of phenolic OH excluding ortho intramolecular Hbond substituents is 1. The number of aryl methyl sites for hydroxylation is 2. The molecular formula is C18H16N2O2Y6-2. The zero-order chi connectivity index (χ0) is 15.7. The summed E-state index contributed by atoms with van der Waals surface area (Å²) in [6.45, 7) is 3.90. The molecule has 0 heterocycles. The molecule has 2 aromatic rings. The van der Waals surface area contributed by atoms with Gasteiger partial charge in [0.05, 0.1) is 11.6 Å². The van der Waals surface area contributed by atoms with Gasteiger partial charge in [0.15, 0.2) is 0 Å². The van der Waals surface area contributed by atoms with E-state index in [1.807, 2.05) is 19.9 Å². The van der Waals surface area contributed by atoms with E-state index in [1.54, 1.807) is 18.2 Å². The fraction of sp³-hybridized carbons (Fsp3) is 0.222. The van der Waals surface area contributed by atoms with Gasteiger partial charge < -0.3 is 15.3 Å².